The third-order valence-corrected chi connectivity index (χ3v) is 3.60. The second kappa shape index (κ2) is 4.28. The summed E-state index contributed by atoms with van der Waals surface area (Å²) >= 11 is 0. The number of carbonyl (C=O) groups is 1. The second-order valence-corrected chi connectivity index (χ2v) is 5.00. The minimum absolute atomic E-state index is 0.0969. The molecule has 2 rings (SSSR count). The zero-order valence-electron chi connectivity index (χ0n) is 10.1. The van der Waals surface area contributed by atoms with Crippen molar-refractivity contribution < 1.29 is 4.79 Å². The van der Waals surface area contributed by atoms with Gasteiger partial charge in [0.15, 0.2) is 0 Å². The standard InChI is InChI=1S/C12H19N3O/c1-8-4-9(2)10(3)15(7-8)12(16)11-5-13-14-6-11/h5-6,8-10H,4,7H2,1-3H3,(H,13,14). The van der Waals surface area contributed by atoms with Crippen LogP contribution in [0.25, 0.3) is 0 Å². The van der Waals surface area contributed by atoms with Gasteiger partial charge >= 0.3 is 0 Å². The monoisotopic (exact) mass is 221 g/mol. The lowest BCUT2D eigenvalue weighted by atomic mass is 9.86. The molecule has 3 unspecified atom stereocenters. The number of likely N-dealkylation sites (tertiary alicyclic amines) is 1. The molecule has 88 valence electrons. The zero-order valence-corrected chi connectivity index (χ0v) is 10.1. The summed E-state index contributed by atoms with van der Waals surface area (Å²) in [4.78, 5) is 14.2. The first-order valence-corrected chi connectivity index (χ1v) is 5.89. The van der Waals surface area contributed by atoms with Gasteiger partial charge in [0.05, 0.1) is 11.8 Å². The first-order valence-electron chi connectivity index (χ1n) is 5.89. The van der Waals surface area contributed by atoms with Gasteiger partial charge in [-0.25, -0.2) is 0 Å². The molecule has 1 amide bonds. The number of H-pyrrole nitrogens is 1. The molecule has 1 aromatic rings. The van der Waals surface area contributed by atoms with Crippen LogP contribution >= 0.6 is 0 Å². The van der Waals surface area contributed by atoms with E-state index in [1.807, 2.05) is 4.90 Å². The Bertz CT molecular complexity index is 360. The number of nitrogens with one attached hydrogen (secondary N) is 1. The Morgan fingerprint density at radius 2 is 2.25 bits per heavy atom. The molecule has 1 saturated heterocycles. The van der Waals surface area contributed by atoms with Crippen molar-refractivity contribution in [3.63, 3.8) is 0 Å². The van der Waals surface area contributed by atoms with E-state index in [1.54, 1.807) is 12.4 Å². The topological polar surface area (TPSA) is 49.0 Å². The Morgan fingerprint density at radius 3 is 2.88 bits per heavy atom. The van der Waals surface area contributed by atoms with E-state index >= 15 is 0 Å². The third kappa shape index (κ3) is 1.96. The van der Waals surface area contributed by atoms with Crippen molar-refractivity contribution in [2.45, 2.75) is 33.2 Å². The smallest absolute Gasteiger partial charge is 0.257 e. The van der Waals surface area contributed by atoms with E-state index in [-0.39, 0.29) is 5.91 Å². The van der Waals surface area contributed by atoms with Crippen LogP contribution in [0.5, 0.6) is 0 Å². The van der Waals surface area contributed by atoms with Gasteiger partial charge < -0.3 is 4.90 Å². The highest BCUT2D eigenvalue weighted by atomic mass is 16.2. The molecule has 0 bridgehead atoms. The van der Waals surface area contributed by atoms with Gasteiger partial charge in [-0.1, -0.05) is 13.8 Å². The summed E-state index contributed by atoms with van der Waals surface area (Å²) < 4.78 is 0. The summed E-state index contributed by atoms with van der Waals surface area (Å²) in [5.74, 6) is 1.25. The van der Waals surface area contributed by atoms with Crippen LogP contribution in [0.2, 0.25) is 0 Å². The Hall–Kier alpha value is -1.32. The third-order valence-electron chi connectivity index (χ3n) is 3.60. The molecule has 0 aliphatic carbocycles. The van der Waals surface area contributed by atoms with E-state index in [0.29, 0.717) is 23.4 Å². The van der Waals surface area contributed by atoms with Crippen molar-refractivity contribution in [3.8, 4) is 0 Å². The van der Waals surface area contributed by atoms with Crippen LogP contribution in [0.1, 0.15) is 37.6 Å². The number of hydrogen-bond acceptors (Lipinski definition) is 2. The lowest BCUT2D eigenvalue weighted by Gasteiger charge is -2.40. The highest BCUT2D eigenvalue weighted by Gasteiger charge is 2.32. The molecule has 1 aliphatic rings. The minimum Gasteiger partial charge on any atom is -0.335 e. The van der Waals surface area contributed by atoms with E-state index in [9.17, 15) is 4.79 Å². The predicted octanol–water partition coefficient (Wildman–Crippen LogP) is 1.92. The number of nitrogens with zero attached hydrogens (tertiary/aromatic N) is 2. The lowest BCUT2D eigenvalue weighted by Crippen LogP contribution is -2.48. The molecule has 0 aromatic carbocycles. The maximum atomic E-state index is 12.2. The van der Waals surface area contributed by atoms with Gasteiger partial charge in [0, 0.05) is 18.8 Å². The molecule has 1 aliphatic heterocycles. The van der Waals surface area contributed by atoms with Gasteiger partial charge in [-0.05, 0) is 25.2 Å². The Balaban J connectivity index is 2.16. The molecule has 3 atom stereocenters. The molecule has 1 fully saturated rings. The molecule has 1 N–H and O–H groups in total. The van der Waals surface area contributed by atoms with Gasteiger partial charge in [-0.2, -0.15) is 5.10 Å². The lowest BCUT2D eigenvalue weighted by molar-refractivity contribution is 0.0456. The molecular weight excluding hydrogens is 202 g/mol. The maximum absolute atomic E-state index is 12.2. The average Bonchev–Trinajstić information content (AvgIpc) is 2.75. The highest BCUT2D eigenvalue weighted by molar-refractivity contribution is 5.94. The summed E-state index contributed by atoms with van der Waals surface area (Å²) in [6.07, 6.45) is 4.47. The van der Waals surface area contributed by atoms with Crippen LogP contribution < -0.4 is 0 Å². The molecule has 4 heteroatoms. The van der Waals surface area contributed by atoms with Gasteiger partial charge in [-0.3, -0.25) is 9.89 Å². The summed E-state index contributed by atoms with van der Waals surface area (Å²) in [6.45, 7) is 7.41. The van der Waals surface area contributed by atoms with Crippen molar-refractivity contribution in [2.24, 2.45) is 11.8 Å². The summed E-state index contributed by atoms with van der Waals surface area (Å²) in [6, 6.07) is 0.318. The van der Waals surface area contributed by atoms with E-state index in [2.05, 4.69) is 31.0 Å². The molecular formula is C12H19N3O. The Morgan fingerprint density at radius 1 is 1.50 bits per heavy atom. The van der Waals surface area contributed by atoms with E-state index in [4.69, 9.17) is 0 Å². The highest BCUT2D eigenvalue weighted by Crippen LogP contribution is 2.27. The van der Waals surface area contributed by atoms with Crippen LogP contribution in [0.4, 0.5) is 0 Å². The van der Waals surface area contributed by atoms with Crippen LogP contribution in [0.15, 0.2) is 12.4 Å². The fourth-order valence-corrected chi connectivity index (χ4v) is 2.52. The molecule has 0 spiro atoms. The first-order chi connectivity index (χ1) is 7.59. The molecule has 16 heavy (non-hydrogen) atoms. The Kier molecular flexibility index (Phi) is 2.99. The Labute approximate surface area is 96.0 Å². The van der Waals surface area contributed by atoms with Crippen LogP contribution in [0, 0.1) is 11.8 Å². The number of aromatic nitrogens is 2. The molecule has 4 nitrogen and oxygen atoms in total. The molecule has 0 radical (unpaired) electrons. The number of piperidine rings is 1. The summed E-state index contributed by atoms with van der Waals surface area (Å²) in [5.41, 5.74) is 0.660. The van der Waals surface area contributed by atoms with E-state index in [0.717, 1.165) is 6.54 Å². The fraction of sp³-hybridized carbons (Fsp3) is 0.667. The zero-order chi connectivity index (χ0) is 11.7. The number of amides is 1. The minimum atomic E-state index is 0.0969. The quantitative estimate of drug-likeness (QED) is 0.787. The predicted molar refractivity (Wildman–Crippen MR) is 62.0 cm³/mol. The largest absolute Gasteiger partial charge is 0.335 e. The second-order valence-electron chi connectivity index (χ2n) is 5.00. The SMILES string of the molecule is CC1CC(C)C(C)N(C(=O)c2cn[nH]c2)C1. The van der Waals surface area contributed by atoms with Gasteiger partial charge in [-0.15, -0.1) is 0 Å². The van der Waals surface area contributed by atoms with E-state index in [1.165, 1.54) is 6.42 Å². The van der Waals surface area contributed by atoms with Gasteiger partial charge in [0.25, 0.3) is 5.91 Å². The van der Waals surface area contributed by atoms with Crippen molar-refractivity contribution in [3.05, 3.63) is 18.0 Å². The first kappa shape index (κ1) is 11.2. The summed E-state index contributed by atoms with van der Waals surface area (Å²) in [7, 11) is 0. The number of carbonyl (C=O) groups excluding carboxylic acids is 1. The normalized spacial score (nSPS) is 30.4. The van der Waals surface area contributed by atoms with Crippen LogP contribution in [0.3, 0.4) is 0 Å². The van der Waals surface area contributed by atoms with E-state index < -0.39 is 0 Å². The number of aromatic amines is 1. The van der Waals surface area contributed by atoms with Gasteiger partial charge in [0.2, 0.25) is 0 Å². The van der Waals surface area contributed by atoms with Crippen LogP contribution in [-0.4, -0.2) is 33.6 Å². The van der Waals surface area contributed by atoms with Crippen molar-refractivity contribution in [1.82, 2.24) is 15.1 Å². The van der Waals surface area contributed by atoms with Crippen molar-refractivity contribution >= 4 is 5.91 Å². The maximum Gasteiger partial charge on any atom is 0.257 e. The fourth-order valence-electron chi connectivity index (χ4n) is 2.52. The van der Waals surface area contributed by atoms with Crippen molar-refractivity contribution in [1.29, 1.82) is 0 Å². The molecule has 0 saturated carbocycles. The molecule has 2 heterocycles. The summed E-state index contributed by atoms with van der Waals surface area (Å²) in [5, 5.41) is 6.52. The van der Waals surface area contributed by atoms with Gasteiger partial charge in [0.1, 0.15) is 0 Å². The average molecular weight is 221 g/mol. The van der Waals surface area contributed by atoms with Crippen molar-refractivity contribution in [2.75, 3.05) is 6.54 Å². The van der Waals surface area contributed by atoms with Crippen LogP contribution in [-0.2, 0) is 0 Å². The number of rotatable bonds is 1. The number of hydrogen-bond donors (Lipinski definition) is 1. The molecule has 1 aromatic heterocycles.